The van der Waals surface area contributed by atoms with Crippen molar-refractivity contribution in [2.75, 3.05) is 20.2 Å². The fourth-order valence-corrected chi connectivity index (χ4v) is 2.38. The molecule has 0 unspecified atom stereocenters. The third-order valence-corrected chi connectivity index (χ3v) is 3.59. The van der Waals surface area contributed by atoms with E-state index in [2.05, 4.69) is 10.6 Å². The SMILES string of the molecule is COc1cccc(CC(=O)NCCNC(=O)c2cccc(OC(C)=O)c2)c1. The molecule has 2 aromatic rings. The van der Waals surface area contributed by atoms with Crippen LogP contribution in [0.25, 0.3) is 0 Å². The first-order valence-electron chi connectivity index (χ1n) is 8.44. The third-order valence-electron chi connectivity index (χ3n) is 3.59. The summed E-state index contributed by atoms with van der Waals surface area (Å²) in [5.74, 6) is 0.0944. The Bertz CT molecular complexity index is 820. The van der Waals surface area contributed by atoms with Crippen LogP contribution in [0.15, 0.2) is 48.5 Å². The Kier molecular flexibility index (Phi) is 7.37. The van der Waals surface area contributed by atoms with Crippen LogP contribution < -0.4 is 20.1 Å². The lowest BCUT2D eigenvalue weighted by atomic mass is 10.1. The number of methoxy groups -OCH3 is 1. The first-order chi connectivity index (χ1) is 13.0. The molecule has 2 aromatic carbocycles. The molecule has 7 heteroatoms. The summed E-state index contributed by atoms with van der Waals surface area (Å²) in [5, 5.41) is 5.45. The second-order valence-electron chi connectivity index (χ2n) is 5.76. The Labute approximate surface area is 157 Å². The molecule has 0 aliphatic rings. The summed E-state index contributed by atoms with van der Waals surface area (Å²) in [5.41, 5.74) is 1.22. The van der Waals surface area contributed by atoms with Gasteiger partial charge >= 0.3 is 5.97 Å². The normalized spacial score (nSPS) is 10.0. The van der Waals surface area contributed by atoms with Gasteiger partial charge in [-0.25, -0.2) is 0 Å². The first kappa shape index (κ1) is 20.0. The molecule has 0 saturated carbocycles. The number of benzene rings is 2. The fraction of sp³-hybridized carbons (Fsp3) is 0.250. The van der Waals surface area contributed by atoms with E-state index in [0.29, 0.717) is 23.6 Å². The number of hydrogen-bond acceptors (Lipinski definition) is 5. The highest BCUT2D eigenvalue weighted by molar-refractivity contribution is 5.94. The van der Waals surface area contributed by atoms with Crippen LogP contribution in [0.1, 0.15) is 22.8 Å². The van der Waals surface area contributed by atoms with Gasteiger partial charge in [0.05, 0.1) is 13.5 Å². The summed E-state index contributed by atoms with van der Waals surface area (Å²) >= 11 is 0. The standard InChI is InChI=1S/C20H22N2O5/c1-14(23)27-18-8-4-6-16(13-18)20(25)22-10-9-21-19(24)12-15-5-3-7-17(11-15)26-2/h3-8,11,13H,9-10,12H2,1-2H3,(H,21,24)(H,22,25). The maximum atomic E-state index is 12.1. The molecule has 2 N–H and O–H groups in total. The van der Waals surface area contributed by atoms with Crippen molar-refractivity contribution >= 4 is 17.8 Å². The zero-order valence-electron chi connectivity index (χ0n) is 15.3. The van der Waals surface area contributed by atoms with Gasteiger partial charge < -0.3 is 20.1 Å². The van der Waals surface area contributed by atoms with Gasteiger partial charge in [0, 0.05) is 25.6 Å². The lowest BCUT2D eigenvalue weighted by molar-refractivity contribution is -0.131. The minimum Gasteiger partial charge on any atom is -0.497 e. The summed E-state index contributed by atoms with van der Waals surface area (Å²) < 4.78 is 10.1. The molecule has 0 aliphatic carbocycles. The maximum Gasteiger partial charge on any atom is 0.308 e. The second-order valence-corrected chi connectivity index (χ2v) is 5.76. The van der Waals surface area contributed by atoms with Crippen LogP contribution >= 0.6 is 0 Å². The van der Waals surface area contributed by atoms with Gasteiger partial charge in [-0.3, -0.25) is 14.4 Å². The summed E-state index contributed by atoms with van der Waals surface area (Å²) in [6.45, 7) is 1.87. The lowest BCUT2D eigenvalue weighted by Crippen LogP contribution is -2.35. The van der Waals surface area contributed by atoms with Crippen LogP contribution in [0.4, 0.5) is 0 Å². The van der Waals surface area contributed by atoms with Gasteiger partial charge in [-0.2, -0.15) is 0 Å². The van der Waals surface area contributed by atoms with Crippen LogP contribution in [0.5, 0.6) is 11.5 Å². The third kappa shape index (κ3) is 6.81. The monoisotopic (exact) mass is 370 g/mol. The van der Waals surface area contributed by atoms with Gasteiger partial charge in [0.15, 0.2) is 0 Å². The highest BCUT2D eigenvalue weighted by Crippen LogP contribution is 2.14. The number of ether oxygens (including phenoxy) is 2. The van der Waals surface area contributed by atoms with E-state index in [1.165, 1.54) is 13.0 Å². The van der Waals surface area contributed by atoms with Gasteiger partial charge in [-0.05, 0) is 35.9 Å². The van der Waals surface area contributed by atoms with Gasteiger partial charge in [-0.15, -0.1) is 0 Å². The Morgan fingerprint density at radius 3 is 2.37 bits per heavy atom. The van der Waals surface area contributed by atoms with Crippen molar-refractivity contribution in [2.24, 2.45) is 0 Å². The van der Waals surface area contributed by atoms with Crippen molar-refractivity contribution in [1.82, 2.24) is 10.6 Å². The summed E-state index contributed by atoms with van der Waals surface area (Å²) in [6.07, 6.45) is 0.232. The number of esters is 1. The van der Waals surface area contributed by atoms with Crippen LogP contribution in [0, 0.1) is 0 Å². The van der Waals surface area contributed by atoms with Gasteiger partial charge in [0.2, 0.25) is 5.91 Å². The molecule has 0 bridgehead atoms. The molecule has 0 atom stereocenters. The minimum absolute atomic E-state index is 0.144. The number of amides is 2. The van der Waals surface area contributed by atoms with E-state index in [0.717, 1.165) is 5.56 Å². The Morgan fingerprint density at radius 2 is 1.63 bits per heavy atom. The highest BCUT2D eigenvalue weighted by Gasteiger charge is 2.08. The van der Waals surface area contributed by atoms with E-state index in [-0.39, 0.29) is 24.8 Å². The molecule has 0 heterocycles. The van der Waals surface area contributed by atoms with E-state index in [1.807, 2.05) is 18.2 Å². The van der Waals surface area contributed by atoms with E-state index in [4.69, 9.17) is 9.47 Å². The summed E-state index contributed by atoms with van der Waals surface area (Å²) in [6, 6.07) is 13.6. The topological polar surface area (TPSA) is 93.7 Å². The fourth-order valence-electron chi connectivity index (χ4n) is 2.38. The van der Waals surface area contributed by atoms with Crippen LogP contribution in [-0.2, 0) is 16.0 Å². The van der Waals surface area contributed by atoms with Gasteiger partial charge in [0.25, 0.3) is 5.91 Å². The van der Waals surface area contributed by atoms with Gasteiger partial charge in [-0.1, -0.05) is 18.2 Å². The van der Waals surface area contributed by atoms with E-state index >= 15 is 0 Å². The van der Waals surface area contributed by atoms with Crippen molar-refractivity contribution in [3.63, 3.8) is 0 Å². The molecule has 0 fully saturated rings. The zero-order valence-corrected chi connectivity index (χ0v) is 15.3. The van der Waals surface area contributed by atoms with Crippen molar-refractivity contribution in [1.29, 1.82) is 0 Å². The molecule has 27 heavy (non-hydrogen) atoms. The zero-order chi connectivity index (χ0) is 19.6. The average Bonchev–Trinajstić information content (AvgIpc) is 2.65. The molecule has 7 nitrogen and oxygen atoms in total. The molecular weight excluding hydrogens is 348 g/mol. The highest BCUT2D eigenvalue weighted by atomic mass is 16.5. The Hall–Kier alpha value is -3.35. The molecule has 142 valence electrons. The van der Waals surface area contributed by atoms with E-state index in [9.17, 15) is 14.4 Å². The van der Waals surface area contributed by atoms with Crippen LogP contribution in [0.2, 0.25) is 0 Å². The number of hydrogen-bond donors (Lipinski definition) is 2. The predicted octanol–water partition coefficient (Wildman–Crippen LogP) is 1.71. The molecular formula is C20H22N2O5. The lowest BCUT2D eigenvalue weighted by Gasteiger charge is -2.09. The van der Waals surface area contributed by atoms with Crippen LogP contribution in [0.3, 0.4) is 0 Å². The quantitative estimate of drug-likeness (QED) is 0.419. The van der Waals surface area contributed by atoms with E-state index < -0.39 is 5.97 Å². The number of carbonyl (C=O) groups is 3. The molecule has 0 saturated heterocycles. The first-order valence-corrected chi connectivity index (χ1v) is 8.44. The molecule has 0 spiro atoms. The predicted molar refractivity (Wildman–Crippen MR) is 99.8 cm³/mol. The number of nitrogens with one attached hydrogen (secondary N) is 2. The minimum atomic E-state index is -0.452. The van der Waals surface area contributed by atoms with Crippen LogP contribution in [-0.4, -0.2) is 38.0 Å². The summed E-state index contributed by atoms with van der Waals surface area (Å²) in [4.78, 5) is 35.0. The molecule has 2 rings (SSSR count). The molecule has 2 amide bonds. The largest absolute Gasteiger partial charge is 0.497 e. The summed E-state index contributed by atoms with van der Waals surface area (Å²) in [7, 11) is 1.57. The number of carbonyl (C=O) groups excluding carboxylic acids is 3. The molecule has 0 aliphatic heterocycles. The average molecular weight is 370 g/mol. The van der Waals surface area contributed by atoms with Crippen molar-refractivity contribution in [3.8, 4) is 11.5 Å². The Balaban J connectivity index is 1.75. The smallest absolute Gasteiger partial charge is 0.308 e. The maximum absolute atomic E-state index is 12.1. The number of rotatable bonds is 8. The molecule has 0 aromatic heterocycles. The second kappa shape index (κ2) is 9.96. The van der Waals surface area contributed by atoms with Crippen molar-refractivity contribution in [3.05, 3.63) is 59.7 Å². The van der Waals surface area contributed by atoms with Crippen molar-refractivity contribution < 1.29 is 23.9 Å². The Morgan fingerprint density at radius 1 is 0.926 bits per heavy atom. The van der Waals surface area contributed by atoms with E-state index in [1.54, 1.807) is 31.4 Å². The van der Waals surface area contributed by atoms with Gasteiger partial charge in [0.1, 0.15) is 11.5 Å². The van der Waals surface area contributed by atoms with Crippen molar-refractivity contribution in [2.45, 2.75) is 13.3 Å². The molecule has 0 radical (unpaired) electrons.